The summed E-state index contributed by atoms with van der Waals surface area (Å²) in [6.07, 6.45) is 1.59. The Labute approximate surface area is 156 Å². The smallest absolute Gasteiger partial charge is 0.257 e. The van der Waals surface area contributed by atoms with Crippen molar-refractivity contribution in [3.05, 3.63) is 65.3 Å². The van der Waals surface area contributed by atoms with Crippen molar-refractivity contribution in [2.24, 2.45) is 0 Å². The lowest BCUT2D eigenvalue weighted by atomic mass is 10.1. The Bertz CT molecular complexity index is 1100. The summed E-state index contributed by atoms with van der Waals surface area (Å²) in [5, 5.41) is 3.87. The van der Waals surface area contributed by atoms with Crippen molar-refractivity contribution in [1.82, 2.24) is 9.29 Å². The summed E-state index contributed by atoms with van der Waals surface area (Å²) in [7, 11) is -0.695. The molecule has 6 nitrogen and oxygen atoms in total. The molecule has 0 bridgehead atoms. The molecule has 1 aromatic heterocycles. The molecule has 26 heavy (non-hydrogen) atoms. The Hall–Kier alpha value is -2.48. The van der Waals surface area contributed by atoms with Gasteiger partial charge in [-0.05, 0) is 36.4 Å². The largest absolute Gasteiger partial charge is 0.322 e. The van der Waals surface area contributed by atoms with Gasteiger partial charge >= 0.3 is 0 Å². The number of benzene rings is 2. The van der Waals surface area contributed by atoms with E-state index in [1.54, 1.807) is 30.5 Å². The minimum atomic E-state index is -3.59. The summed E-state index contributed by atoms with van der Waals surface area (Å²) in [5.74, 6) is -0.421. The van der Waals surface area contributed by atoms with E-state index < -0.39 is 15.9 Å². The number of nitrogens with one attached hydrogen (secondary N) is 1. The minimum Gasteiger partial charge on any atom is -0.322 e. The highest BCUT2D eigenvalue weighted by molar-refractivity contribution is 7.89. The van der Waals surface area contributed by atoms with Gasteiger partial charge in [0.15, 0.2) is 0 Å². The van der Waals surface area contributed by atoms with Gasteiger partial charge in [-0.2, -0.15) is 0 Å². The zero-order chi connectivity index (χ0) is 18.9. The fourth-order valence-electron chi connectivity index (χ4n) is 2.47. The highest BCUT2D eigenvalue weighted by Crippen LogP contribution is 2.24. The first kappa shape index (κ1) is 18.3. The summed E-state index contributed by atoms with van der Waals surface area (Å²) in [4.78, 5) is 17.0. The monoisotopic (exact) mass is 389 g/mol. The Morgan fingerprint density at radius 1 is 1.12 bits per heavy atom. The quantitative estimate of drug-likeness (QED) is 0.741. The maximum atomic E-state index is 12.7. The molecule has 0 spiro atoms. The molecule has 0 aliphatic heterocycles. The predicted molar refractivity (Wildman–Crippen MR) is 102 cm³/mol. The second-order valence-corrected chi connectivity index (χ2v) is 8.39. The van der Waals surface area contributed by atoms with Crippen LogP contribution in [0.25, 0.3) is 10.9 Å². The van der Waals surface area contributed by atoms with E-state index in [0.717, 1.165) is 9.69 Å². The molecular weight excluding hydrogens is 374 g/mol. The minimum absolute atomic E-state index is 0.0920. The van der Waals surface area contributed by atoms with Crippen molar-refractivity contribution < 1.29 is 13.2 Å². The molecule has 0 fully saturated rings. The number of pyridine rings is 1. The Morgan fingerprint density at radius 2 is 1.88 bits per heavy atom. The summed E-state index contributed by atoms with van der Waals surface area (Å²) in [6.45, 7) is 0. The van der Waals surface area contributed by atoms with Crippen LogP contribution in [0.1, 0.15) is 10.4 Å². The molecule has 0 atom stereocenters. The van der Waals surface area contributed by atoms with Gasteiger partial charge < -0.3 is 5.32 Å². The van der Waals surface area contributed by atoms with Crippen molar-refractivity contribution in [3.8, 4) is 0 Å². The van der Waals surface area contributed by atoms with Crippen molar-refractivity contribution in [2.45, 2.75) is 4.90 Å². The number of nitrogens with zero attached hydrogens (tertiary/aromatic N) is 2. The number of anilines is 1. The SMILES string of the molecule is CN(C)S(=O)(=O)c1cccc(NC(=O)c2cc(Cl)cc3cccnc23)c1. The molecular formula is C18H16ClN3O3S. The van der Waals surface area contributed by atoms with Crippen LogP contribution in [0.2, 0.25) is 5.02 Å². The summed E-state index contributed by atoms with van der Waals surface area (Å²) < 4.78 is 25.6. The van der Waals surface area contributed by atoms with Crippen LogP contribution in [0.5, 0.6) is 0 Å². The van der Waals surface area contributed by atoms with Crippen LogP contribution in [0, 0.1) is 0 Å². The standard InChI is InChI=1S/C18H16ClN3O3S/c1-22(2)26(24,25)15-7-3-6-14(11-15)21-18(23)16-10-13(19)9-12-5-4-8-20-17(12)16/h3-11H,1-2H3,(H,21,23). The normalized spacial score (nSPS) is 11.7. The molecule has 0 radical (unpaired) electrons. The van der Waals surface area contributed by atoms with Gasteiger partial charge in [-0.1, -0.05) is 23.7 Å². The second-order valence-electron chi connectivity index (χ2n) is 5.80. The number of halogens is 1. The molecule has 0 aliphatic rings. The molecule has 2 aromatic carbocycles. The fraction of sp³-hybridized carbons (Fsp3) is 0.111. The number of sulfonamides is 1. The zero-order valence-corrected chi connectivity index (χ0v) is 15.7. The molecule has 8 heteroatoms. The number of hydrogen-bond acceptors (Lipinski definition) is 4. The molecule has 1 N–H and O–H groups in total. The molecule has 1 heterocycles. The Morgan fingerprint density at radius 3 is 2.62 bits per heavy atom. The van der Waals surface area contributed by atoms with E-state index in [2.05, 4.69) is 10.3 Å². The topological polar surface area (TPSA) is 79.4 Å². The van der Waals surface area contributed by atoms with E-state index in [1.807, 2.05) is 6.07 Å². The first-order valence-corrected chi connectivity index (χ1v) is 9.49. The summed E-state index contributed by atoms with van der Waals surface area (Å²) in [5.41, 5.74) is 1.20. The Kier molecular flexibility index (Phi) is 4.95. The predicted octanol–water partition coefficient (Wildman–Crippen LogP) is 3.39. The second kappa shape index (κ2) is 7.03. The van der Waals surface area contributed by atoms with Gasteiger partial charge in [0.1, 0.15) is 0 Å². The van der Waals surface area contributed by atoms with Gasteiger partial charge in [0.05, 0.1) is 16.0 Å². The van der Waals surface area contributed by atoms with E-state index in [9.17, 15) is 13.2 Å². The summed E-state index contributed by atoms with van der Waals surface area (Å²) >= 11 is 6.10. The molecule has 134 valence electrons. The lowest BCUT2D eigenvalue weighted by Crippen LogP contribution is -2.22. The van der Waals surface area contributed by atoms with Crippen LogP contribution < -0.4 is 5.32 Å². The number of amides is 1. The molecule has 0 saturated heterocycles. The van der Waals surface area contributed by atoms with Crippen LogP contribution in [-0.2, 0) is 10.0 Å². The average molecular weight is 390 g/mol. The third-order valence-electron chi connectivity index (χ3n) is 3.78. The molecule has 3 aromatic rings. The lowest BCUT2D eigenvalue weighted by Gasteiger charge is -2.13. The van der Waals surface area contributed by atoms with Crippen molar-refractivity contribution >= 4 is 44.1 Å². The number of aromatic nitrogens is 1. The van der Waals surface area contributed by atoms with Crippen molar-refractivity contribution in [2.75, 3.05) is 19.4 Å². The maximum absolute atomic E-state index is 12.7. The van der Waals surface area contributed by atoms with E-state index in [1.165, 1.54) is 32.3 Å². The highest BCUT2D eigenvalue weighted by Gasteiger charge is 2.18. The third-order valence-corrected chi connectivity index (χ3v) is 5.81. The van der Waals surface area contributed by atoms with Crippen LogP contribution in [-0.4, -0.2) is 37.7 Å². The van der Waals surface area contributed by atoms with Gasteiger partial charge in [-0.3, -0.25) is 9.78 Å². The molecule has 0 aliphatic carbocycles. The third kappa shape index (κ3) is 3.55. The molecule has 0 unspecified atom stereocenters. The number of rotatable bonds is 4. The van der Waals surface area contributed by atoms with Crippen LogP contribution in [0.3, 0.4) is 0 Å². The maximum Gasteiger partial charge on any atom is 0.257 e. The van der Waals surface area contributed by atoms with Crippen molar-refractivity contribution in [3.63, 3.8) is 0 Å². The molecule has 1 amide bonds. The van der Waals surface area contributed by atoms with Crippen LogP contribution >= 0.6 is 11.6 Å². The van der Waals surface area contributed by atoms with Crippen molar-refractivity contribution in [1.29, 1.82) is 0 Å². The van der Waals surface area contributed by atoms with Gasteiger partial charge in [-0.15, -0.1) is 0 Å². The van der Waals surface area contributed by atoms with Gasteiger partial charge in [0, 0.05) is 36.4 Å². The zero-order valence-electron chi connectivity index (χ0n) is 14.1. The number of fused-ring (bicyclic) bond motifs is 1. The van der Waals surface area contributed by atoms with E-state index in [0.29, 0.717) is 21.8 Å². The lowest BCUT2D eigenvalue weighted by molar-refractivity contribution is 0.102. The van der Waals surface area contributed by atoms with Gasteiger partial charge in [-0.25, -0.2) is 12.7 Å². The summed E-state index contributed by atoms with van der Waals surface area (Å²) in [6, 6.07) is 12.9. The van der Waals surface area contributed by atoms with Crippen LogP contribution in [0.15, 0.2) is 59.6 Å². The molecule has 3 rings (SSSR count). The van der Waals surface area contributed by atoms with Gasteiger partial charge in [0.2, 0.25) is 10.0 Å². The van der Waals surface area contributed by atoms with E-state index in [-0.39, 0.29) is 4.90 Å². The number of carbonyl (C=O) groups is 1. The molecule has 0 saturated carbocycles. The number of carbonyl (C=O) groups excluding carboxylic acids is 1. The highest BCUT2D eigenvalue weighted by atomic mass is 35.5. The van der Waals surface area contributed by atoms with E-state index >= 15 is 0 Å². The fourth-order valence-corrected chi connectivity index (χ4v) is 3.65. The number of hydrogen-bond donors (Lipinski definition) is 1. The van der Waals surface area contributed by atoms with Gasteiger partial charge in [0.25, 0.3) is 5.91 Å². The van der Waals surface area contributed by atoms with E-state index in [4.69, 9.17) is 11.6 Å². The Balaban J connectivity index is 1.97. The average Bonchev–Trinajstić information content (AvgIpc) is 2.61. The van der Waals surface area contributed by atoms with Crippen LogP contribution in [0.4, 0.5) is 5.69 Å². The first-order chi connectivity index (χ1) is 12.3. The first-order valence-electron chi connectivity index (χ1n) is 7.67.